The van der Waals surface area contributed by atoms with E-state index in [-0.39, 0.29) is 0 Å². The minimum atomic E-state index is -3.53. The van der Waals surface area contributed by atoms with Crippen molar-refractivity contribution in [1.29, 1.82) is 0 Å². The van der Waals surface area contributed by atoms with Gasteiger partial charge in [-0.2, -0.15) is 0 Å². The SMILES string of the molecule is C[C@@H]1OC(CO)[C@@H](O[C@@H]2OC(CO)[C@H](O)[C@H](O[C@@]3(C(=O)O)OC([C@H](O)[C@H](O)CO)[C@H](C)[C@H](O)C3F)C2O)[C@H](O)C1O. The molecule has 240 valence electrons. The summed E-state index contributed by atoms with van der Waals surface area (Å²) in [7, 11) is 0. The van der Waals surface area contributed by atoms with Gasteiger partial charge in [-0.05, 0) is 6.92 Å². The Morgan fingerprint density at radius 1 is 0.878 bits per heavy atom. The molecule has 11 N–H and O–H groups in total. The molecule has 0 saturated carbocycles. The van der Waals surface area contributed by atoms with E-state index in [1.165, 1.54) is 6.92 Å². The summed E-state index contributed by atoms with van der Waals surface area (Å²) in [5.74, 6) is -7.11. The molecule has 17 nitrogen and oxygen atoms in total. The summed E-state index contributed by atoms with van der Waals surface area (Å²) in [5.41, 5.74) is 0. The molecule has 3 aliphatic heterocycles. The third kappa shape index (κ3) is 6.37. The number of aliphatic hydroxyl groups excluding tert-OH is 10. The Bertz CT molecular complexity index is 864. The molecule has 3 fully saturated rings. The topological polar surface area (TPSA) is 286 Å². The maximum atomic E-state index is 15.5. The minimum absolute atomic E-state index is 0.730. The van der Waals surface area contributed by atoms with E-state index >= 15 is 4.39 Å². The van der Waals surface area contributed by atoms with Crippen LogP contribution in [-0.2, 0) is 28.5 Å². The van der Waals surface area contributed by atoms with Crippen LogP contribution < -0.4 is 0 Å². The summed E-state index contributed by atoms with van der Waals surface area (Å²) in [4.78, 5) is 12.4. The van der Waals surface area contributed by atoms with Gasteiger partial charge in [0.2, 0.25) is 0 Å². The highest BCUT2D eigenvalue weighted by Gasteiger charge is 2.64. The molecule has 17 atom stereocenters. The zero-order valence-electron chi connectivity index (χ0n) is 22.1. The number of aliphatic carboxylic acids is 1. The standard InChI is InChI=1S/C23H39FO17/c1-6-11(29)20(24)23(22(35)36,40-17(6)13(31)8(28)3-25)41-19-14(32)9(4-26)38-21(16(19)34)39-18-10(5-27)37-7(2)12(30)15(18)33/h6-21,25-34H,3-5H2,1-2H3,(H,35,36)/t6-,7+,8-,9?,10?,11+,12?,13-,14+,15-,16?,17?,18-,19+,20?,21+,23+/m1/s1. The van der Waals surface area contributed by atoms with Crippen LogP contribution in [0.2, 0.25) is 0 Å². The summed E-state index contributed by atoms with van der Waals surface area (Å²) >= 11 is 0. The maximum Gasteiger partial charge on any atom is 0.367 e. The second-order valence-corrected chi connectivity index (χ2v) is 10.5. The van der Waals surface area contributed by atoms with Crippen molar-refractivity contribution < 1.29 is 89.0 Å². The zero-order chi connectivity index (χ0) is 31.0. The molecule has 0 spiro atoms. The Kier molecular flexibility index (Phi) is 11.4. The first-order valence-electron chi connectivity index (χ1n) is 12.9. The van der Waals surface area contributed by atoms with E-state index in [0.717, 1.165) is 6.92 Å². The van der Waals surface area contributed by atoms with Gasteiger partial charge in [0.1, 0.15) is 61.0 Å². The maximum absolute atomic E-state index is 15.5. The van der Waals surface area contributed by atoms with Crippen LogP contribution in [0.4, 0.5) is 4.39 Å². The van der Waals surface area contributed by atoms with Gasteiger partial charge in [0, 0.05) is 5.92 Å². The largest absolute Gasteiger partial charge is 0.477 e. The van der Waals surface area contributed by atoms with Crippen LogP contribution in [0.15, 0.2) is 0 Å². The van der Waals surface area contributed by atoms with Gasteiger partial charge in [-0.15, -0.1) is 0 Å². The molecule has 0 aliphatic carbocycles. The molecule has 3 aliphatic rings. The number of aliphatic hydroxyl groups is 10. The fourth-order valence-corrected chi connectivity index (χ4v) is 5.18. The van der Waals surface area contributed by atoms with E-state index in [1.54, 1.807) is 0 Å². The number of ether oxygens (including phenoxy) is 5. The number of rotatable bonds is 10. The lowest BCUT2D eigenvalue weighted by molar-refractivity contribution is -0.394. The average Bonchev–Trinajstić information content (AvgIpc) is 2.95. The lowest BCUT2D eigenvalue weighted by Crippen LogP contribution is -2.71. The van der Waals surface area contributed by atoms with Crippen LogP contribution >= 0.6 is 0 Å². The van der Waals surface area contributed by atoms with Gasteiger partial charge in [-0.1, -0.05) is 6.92 Å². The Hall–Kier alpha value is -1.20. The Labute approximate surface area is 232 Å². The highest BCUT2D eigenvalue weighted by molar-refractivity contribution is 5.77. The number of carbonyl (C=O) groups is 1. The summed E-state index contributed by atoms with van der Waals surface area (Å²) in [5, 5.41) is 112. The number of alkyl halides is 1. The molecular weight excluding hydrogens is 567 g/mol. The van der Waals surface area contributed by atoms with Crippen LogP contribution in [0.1, 0.15) is 13.8 Å². The van der Waals surface area contributed by atoms with Crippen molar-refractivity contribution in [3.05, 3.63) is 0 Å². The molecule has 0 aromatic rings. The second kappa shape index (κ2) is 13.6. The van der Waals surface area contributed by atoms with E-state index in [9.17, 15) is 61.0 Å². The van der Waals surface area contributed by atoms with Gasteiger partial charge in [0.15, 0.2) is 12.5 Å². The summed E-state index contributed by atoms with van der Waals surface area (Å²) < 4.78 is 42.4. The smallest absolute Gasteiger partial charge is 0.367 e. The quantitative estimate of drug-likeness (QED) is 0.110. The molecule has 3 saturated heterocycles. The fourth-order valence-electron chi connectivity index (χ4n) is 5.18. The molecule has 0 aromatic heterocycles. The van der Waals surface area contributed by atoms with Crippen LogP contribution in [-0.4, -0.2) is 180 Å². The van der Waals surface area contributed by atoms with E-state index in [4.69, 9.17) is 23.7 Å². The summed E-state index contributed by atoms with van der Waals surface area (Å²) in [6.45, 7) is -0.161. The Morgan fingerprint density at radius 2 is 1.49 bits per heavy atom. The first-order chi connectivity index (χ1) is 19.2. The van der Waals surface area contributed by atoms with Crippen LogP contribution in [0.25, 0.3) is 0 Å². The number of halogens is 1. The van der Waals surface area contributed by atoms with Crippen molar-refractivity contribution in [3.8, 4) is 0 Å². The highest BCUT2D eigenvalue weighted by atomic mass is 19.1. The fraction of sp³-hybridized carbons (Fsp3) is 0.957. The lowest BCUT2D eigenvalue weighted by atomic mass is 9.83. The van der Waals surface area contributed by atoms with E-state index in [2.05, 4.69) is 0 Å². The lowest BCUT2D eigenvalue weighted by Gasteiger charge is -2.51. The molecule has 0 aromatic carbocycles. The third-order valence-electron chi connectivity index (χ3n) is 7.77. The monoisotopic (exact) mass is 606 g/mol. The molecule has 0 bridgehead atoms. The van der Waals surface area contributed by atoms with Gasteiger partial charge in [0.25, 0.3) is 0 Å². The number of hydrogen-bond donors (Lipinski definition) is 11. The molecular formula is C23H39FO17. The number of carboxylic acids is 1. The summed E-state index contributed by atoms with van der Waals surface area (Å²) in [6.07, 6.45) is -28.1. The number of hydrogen-bond acceptors (Lipinski definition) is 16. The Balaban J connectivity index is 1.95. The molecule has 0 amide bonds. The third-order valence-corrected chi connectivity index (χ3v) is 7.77. The van der Waals surface area contributed by atoms with Gasteiger partial charge < -0.3 is 79.9 Å². The number of carboxylic acid groups (broad SMARTS) is 1. The molecule has 18 heteroatoms. The second-order valence-electron chi connectivity index (χ2n) is 10.5. The molecule has 0 radical (unpaired) electrons. The average molecular weight is 607 g/mol. The first-order valence-corrected chi connectivity index (χ1v) is 12.9. The molecule has 6 unspecified atom stereocenters. The van der Waals surface area contributed by atoms with Gasteiger partial charge >= 0.3 is 11.8 Å². The van der Waals surface area contributed by atoms with Crippen LogP contribution in [0.5, 0.6) is 0 Å². The molecule has 41 heavy (non-hydrogen) atoms. The van der Waals surface area contributed by atoms with Gasteiger partial charge in [0.05, 0.1) is 38.1 Å². The molecule has 3 rings (SSSR count). The predicted molar refractivity (Wildman–Crippen MR) is 125 cm³/mol. The van der Waals surface area contributed by atoms with Crippen molar-refractivity contribution in [2.45, 2.75) is 111 Å². The van der Waals surface area contributed by atoms with E-state index in [1.807, 2.05) is 0 Å². The summed E-state index contributed by atoms with van der Waals surface area (Å²) in [6, 6.07) is 0. The zero-order valence-corrected chi connectivity index (χ0v) is 22.1. The van der Waals surface area contributed by atoms with Crippen LogP contribution in [0.3, 0.4) is 0 Å². The van der Waals surface area contributed by atoms with Gasteiger partial charge in [-0.3, -0.25) is 0 Å². The highest BCUT2D eigenvalue weighted by Crippen LogP contribution is 2.41. The minimum Gasteiger partial charge on any atom is -0.477 e. The first kappa shape index (κ1) is 34.3. The Morgan fingerprint density at radius 3 is 2.02 bits per heavy atom. The van der Waals surface area contributed by atoms with Crippen molar-refractivity contribution >= 4 is 5.97 Å². The van der Waals surface area contributed by atoms with Gasteiger partial charge in [-0.25, -0.2) is 9.18 Å². The molecule has 3 heterocycles. The normalized spacial score (nSPS) is 48.9. The van der Waals surface area contributed by atoms with Crippen molar-refractivity contribution in [2.24, 2.45) is 5.92 Å². The predicted octanol–water partition coefficient (Wildman–Crippen LogP) is -6.07. The van der Waals surface area contributed by atoms with E-state index in [0.29, 0.717) is 0 Å². The van der Waals surface area contributed by atoms with Crippen molar-refractivity contribution in [3.63, 3.8) is 0 Å². The van der Waals surface area contributed by atoms with Crippen LogP contribution in [0, 0.1) is 5.92 Å². The van der Waals surface area contributed by atoms with Crippen molar-refractivity contribution in [1.82, 2.24) is 0 Å². The van der Waals surface area contributed by atoms with Crippen molar-refractivity contribution in [2.75, 3.05) is 19.8 Å². The van der Waals surface area contributed by atoms with E-state index < -0.39 is 129 Å².